The summed E-state index contributed by atoms with van der Waals surface area (Å²) in [5, 5.41) is 1.15. The first-order valence-electron chi connectivity index (χ1n) is 3.59. The van der Waals surface area contributed by atoms with E-state index in [0.29, 0.717) is 26.5 Å². The first kappa shape index (κ1) is 11.1. The molecule has 1 rings (SSSR count). The summed E-state index contributed by atoms with van der Waals surface area (Å²) in [5.41, 5.74) is 0.571. The maximum Gasteiger partial charge on any atom is 0.0998 e. The molecule has 0 fully saturated rings. The van der Waals surface area contributed by atoms with Crippen molar-refractivity contribution in [3.05, 3.63) is 38.7 Å². The Morgan fingerprint density at radius 2 is 1.92 bits per heavy atom. The van der Waals surface area contributed by atoms with Crippen LogP contribution in [0.3, 0.4) is 0 Å². The van der Waals surface area contributed by atoms with Crippen molar-refractivity contribution in [3.63, 3.8) is 0 Å². The summed E-state index contributed by atoms with van der Waals surface area (Å²) < 4.78 is 12.3. The van der Waals surface area contributed by atoms with Crippen LogP contribution >= 0.6 is 34.8 Å². The predicted molar refractivity (Wildman–Crippen MR) is 55.5 cm³/mol. The molecule has 0 spiro atoms. The lowest BCUT2D eigenvalue weighted by molar-refractivity contribution is 0.516. The maximum absolute atomic E-state index is 12.3. The van der Waals surface area contributed by atoms with Crippen LogP contribution < -0.4 is 0 Å². The van der Waals surface area contributed by atoms with Gasteiger partial charge in [-0.3, -0.25) is 4.39 Å². The molecule has 0 aliphatic heterocycles. The highest BCUT2D eigenvalue weighted by Crippen LogP contribution is 2.33. The van der Waals surface area contributed by atoms with E-state index in [2.05, 4.69) is 0 Å². The molecule has 0 nitrogen and oxygen atoms in total. The van der Waals surface area contributed by atoms with Gasteiger partial charge in [0.1, 0.15) is 0 Å². The number of rotatable bonds is 2. The highest BCUT2D eigenvalue weighted by atomic mass is 35.5. The fourth-order valence-corrected chi connectivity index (χ4v) is 1.70. The Balaban J connectivity index is 3.20. The maximum atomic E-state index is 12.3. The molecule has 0 unspecified atom stereocenters. The van der Waals surface area contributed by atoms with Gasteiger partial charge in [0.05, 0.1) is 16.7 Å². The summed E-state index contributed by atoms with van der Waals surface area (Å²) in [5.74, 6) is 0.523. The monoisotopic (exact) mass is 239 g/mol. The molecule has 4 heteroatoms. The summed E-state index contributed by atoms with van der Waals surface area (Å²) in [6, 6.07) is 3.13. The lowest BCUT2D eigenvalue weighted by atomic mass is 10.0. The lowest BCUT2D eigenvalue weighted by Crippen LogP contribution is -1.97. The van der Waals surface area contributed by atoms with Gasteiger partial charge >= 0.3 is 0 Å². The zero-order valence-electron chi connectivity index (χ0n) is 6.87. The van der Waals surface area contributed by atoms with E-state index < -0.39 is 6.67 Å². The summed E-state index contributed by atoms with van der Waals surface area (Å²) in [7, 11) is 0. The van der Waals surface area contributed by atoms with Crippen LogP contribution in [0.25, 0.3) is 0 Å². The molecule has 13 heavy (non-hydrogen) atoms. The summed E-state index contributed by atoms with van der Waals surface area (Å²) >= 11 is 17.4. The van der Waals surface area contributed by atoms with Gasteiger partial charge in [0.15, 0.2) is 0 Å². The van der Waals surface area contributed by atoms with E-state index >= 15 is 0 Å². The normalized spacial score (nSPS) is 10.9. The van der Waals surface area contributed by atoms with Gasteiger partial charge in [-0.1, -0.05) is 41.7 Å². The minimum atomic E-state index is -0.559. The fourth-order valence-electron chi connectivity index (χ4n) is 0.939. The molecule has 0 amide bonds. The molecular formula is C9H7Cl3F. The van der Waals surface area contributed by atoms with E-state index in [4.69, 9.17) is 34.8 Å². The van der Waals surface area contributed by atoms with Crippen LogP contribution in [0.2, 0.25) is 15.1 Å². The average molecular weight is 241 g/mol. The van der Waals surface area contributed by atoms with Gasteiger partial charge in [-0.2, -0.15) is 0 Å². The van der Waals surface area contributed by atoms with Crippen LogP contribution in [0.4, 0.5) is 4.39 Å². The molecule has 0 aliphatic carbocycles. The third-order valence-corrected chi connectivity index (χ3v) is 2.67. The number of halogens is 4. The van der Waals surface area contributed by atoms with Gasteiger partial charge in [-0.05, 0) is 17.7 Å². The molecule has 0 aliphatic rings. The average Bonchev–Trinajstić information content (AvgIpc) is 2.10. The van der Waals surface area contributed by atoms with Crippen molar-refractivity contribution in [1.82, 2.24) is 0 Å². The van der Waals surface area contributed by atoms with Gasteiger partial charge in [-0.15, -0.1) is 0 Å². The lowest BCUT2D eigenvalue weighted by Gasteiger charge is -2.10. The second-order valence-corrected chi connectivity index (χ2v) is 3.88. The third kappa shape index (κ3) is 2.49. The van der Waals surface area contributed by atoms with E-state index in [1.54, 1.807) is 13.0 Å². The Kier molecular flexibility index (Phi) is 3.84. The first-order valence-corrected chi connectivity index (χ1v) is 4.73. The van der Waals surface area contributed by atoms with Crippen LogP contribution in [0, 0.1) is 5.92 Å². The van der Waals surface area contributed by atoms with Crippen LogP contribution in [0.15, 0.2) is 12.1 Å². The predicted octanol–water partition coefficient (Wildman–Crippen LogP) is 4.56. The van der Waals surface area contributed by atoms with Crippen molar-refractivity contribution >= 4 is 34.8 Å². The Bertz CT molecular complexity index is 312. The van der Waals surface area contributed by atoms with Crippen molar-refractivity contribution in [2.45, 2.75) is 6.92 Å². The van der Waals surface area contributed by atoms with E-state index in [1.165, 1.54) is 6.07 Å². The highest BCUT2D eigenvalue weighted by molar-refractivity contribution is 6.43. The minimum Gasteiger partial charge on any atom is -0.250 e. The van der Waals surface area contributed by atoms with Gasteiger partial charge in [0.2, 0.25) is 0 Å². The Morgan fingerprint density at radius 3 is 2.46 bits per heavy atom. The Morgan fingerprint density at radius 1 is 1.31 bits per heavy atom. The quantitative estimate of drug-likeness (QED) is 0.665. The van der Waals surface area contributed by atoms with E-state index in [1.807, 2.05) is 0 Å². The number of alkyl halides is 1. The smallest absolute Gasteiger partial charge is 0.0998 e. The SMILES string of the molecule is C[C](CF)c1cc(Cl)cc(Cl)c1Cl. The highest BCUT2D eigenvalue weighted by Gasteiger charge is 2.13. The zero-order valence-corrected chi connectivity index (χ0v) is 9.14. The van der Waals surface area contributed by atoms with Crippen molar-refractivity contribution in [2.75, 3.05) is 6.67 Å². The second kappa shape index (κ2) is 4.50. The summed E-state index contributed by atoms with van der Waals surface area (Å²) in [6.45, 7) is 1.09. The van der Waals surface area contributed by atoms with Gasteiger partial charge in [-0.25, -0.2) is 0 Å². The molecule has 0 saturated carbocycles. The van der Waals surface area contributed by atoms with Crippen LogP contribution in [-0.2, 0) is 0 Å². The van der Waals surface area contributed by atoms with Crippen LogP contribution in [0.5, 0.6) is 0 Å². The largest absolute Gasteiger partial charge is 0.250 e. The van der Waals surface area contributed by atoms with Crippen LogP contribution in [-0.4, -0.2) is 6.67 Å². The van der Waals surface area contributed by atoms with Crippen molar-refractivity contribution in [2.24, 2.45) is 0 Å². The first-order chi connectivity index (χ1) is 6.06. The zero-order chi connectivity index (χ0) is 10.0. The van der Waals surface area contributed by atoms with E-state index in [-0.39, 0.29) is 0 Å². The topological polar surface area (TPSA) is 0 Å². The number of benzene rings is 1. The number of hydrogen-bond donors (Lipinski definition) is 0. The van der Waals surface area contributed by atoms with Crippen LogP contribution in [0.1, 0.15) is 12.5 Å². The molecule has 0 bridgehead atoms. The Labute approximate surface area is 91.6 Å². The molecule has 0 atom stereocenters. The van der Waals surface area contributed by atoms with Crippen molar-refractivity contribution in [1.29, 1.82) is 0 Å². The van der Waals surface area contributed by atoms with Gasteiger partial charge in [0.25, 0.3) is 0 Å². The number of hydrogen-bond acceptors (Lipinski definition) is 0. The standard InChI is InChI=1S/C9H7Cl3F/c1-5(4-13)7-2-6(10)3-8(11)9(7)12/h2-3H,4H2,1H3. The molecular weight excluding hydrogens is 233 g/mol. The molecule has 0 aromatic heterocycles. The molecule has 1 radical (unpaired) electrons. The van der Waals surface area contributed by atoms with E-state index in [0.717, 1.165) is 0 Å². The van der Waals surface area contributed by atoms with Crippen molar-refractivity contribution < 1.29 is 4.39 Å². The molecule has 0 N–H and O–H groups in total. The fraction of sp³-hybridized carbons (Fsp3) is 0.222. The molecule has 71 valence electrons. The Hall–Kier alpha value is 0.0200. The molecule has 1 aromatic rings. The molecule has 0 heterocycles. The minimum absolute atomic E-state index is 0.344. The van der Waals surface area contributed by atoms with Gasteiger partial charge in [0, 0.05) is 10.9 Å². The third-order valence-electron chi connectivity index (χ3n) is 1.65. The van der Waals surface area contributed by atoms with E-state index in [9.17, 15) is 4.39 Å². The summed E-state index contributed by atoms with van der Waals surface area (Å²) in [4.78, 5) is 0. The molecule has 0 saturated heterocycles. The molecule has 1 aromatic carbocycles. The second-order valence-electron chi connectivity index (χ2n) is 2.66. The van der Waals surface area contributed by atoms with Crippen molar-refractivity contribution in [3.8, 4) is 0 Å². The van der Waals surface area contributed by atoms with Gasteiger partial charge < -0.3 is 0 Å². The summed E-state index contributed by atoms with van der Waals surface area (Å²) in [6.07, 6.45) is 0.